The summed E-state index contributed by atoms with van der Waals surface area (Å²) in [6.45, 7) is 13.0. The molecule has 2 aliphatic carbocycles. The number of ether oxygens (including phenoxy) is 1. The van der Waals surface area contributed by atoms with E-state index in [0.717, 1.165) is 39.5 Å². The molecule has 4 heteroatoms. The van der Waals surface area contributed by atoms with E-state index in [9.17, 15) is 9.90 Å². The number of phenols is 1. The predicted octanol–water partition coefficient (Wildman–Crippen LogP) is 5.99. The van der Waals surface area contributed by atoms with E-state index in [4.69, 9.17) is 4.74 Å². The molecule has 0 amide bonds. The van der Waals surface area contributed by atoms with Crippen molar-refractivity contribution in [1.29, 1.82) is 0 Å². The molecule has 1 aromatic carbocycles. The number of fused-ring (bicyclic) bond motifs is 2. The number of carbonyl (C=O) groups excluding carboxylic acids is 1. The van der Waals surface area contributed by atoms with Gasteiger partial charge in [-0.05, 0) is 58.6 Å². The van der Waals surface area contributed by atoms with Crippen molar-refractivity contribution < 1.29 is 14.6 Å². The van der Waals surface area contributed by atoms with Gasteiger partial charge < -0.3 is 9.84 Å². The van der Waals surface area contributed by atoms with Crippen molar-refractivity contribution in [3.8, 4) is 5.75 Å². The van der Waals surface area contributed by atoms with Gasteiger partial charge in [0.1, 0.15) is 12.4 Å². The topological polar surface area (TPSA) is 46.5 Å². The van der Waals surface area contributed by atoms with Gasteiger partial charge >= 0.3 is 5.97 Å². The van der Waals surface area contributed by atoms with E-state index in [1.165, 1.54) is 25.7 Å². The number of esters is 1. The maximum Gasteiger partial charge on any atom is 0.310 e. The highest BCUT2D eigenvalue weighted by Gasteiger charge is 2.39. The first-order chi connectivity index (χ1) is 13.4. The lowest BCUT2D eigenvalue weighted by Crippen LogP contribution is -2.19. The average molecular weight is 419 g/mol. The molecule has 0 radical (unpaired) electrons. The second kappa shape index (κ2) is 8.53. The van der Waals surface area contributed by atoms with Gasteiger partial charge in [-0.25, -0.2) is 0 Å². The second-order valence-electron chi connectivity index (χ2n) is 11.0. The Labute approximate surface area is 181 Å². The third-order valence-electron chi connectivity index (χ3n) is 6.49. The number of aromatic hydroxyl groups is 1. The van der Waals surface area contributed by atoms with Crippen LogP contribution in [-0.4, -0.2) is 28.7 Å². The number of carbonyl (C=O) groups is 1. The van der Waals surface area contributed by atoms with Gasteiger partial charge in [0, 0.05) is 11.0 Å². The molecule has 1 aromatic rings. The SMILES string of the molecule is CC(C)(C)c1cc(CC(=O)OCCSC2CC3CCC2C3)cc(C(C)(C)C)c1O. The zero-order valence-corrected chi connectivity index (χ0v) is 19.8. The summed E-state index contributed by atoms with van der Waals surface area (Å²) in [5.74, 6) is 2.94. The second-order valence-corrected chi connectivity index (χ2v) is 12.4. The van der Waals surface area contributed by atoms with Crippen LogP contribution in [0.4, 0.5) is 0 Å². The number of hydrogen-bond donors (Lipinski definition) is 1. The third-order valence-corrected chi connectivity index (χ3v) is 7.89. The van der Waals surface area contributed by atoms with Crippen LogP contribution in [0.2, 0.25) is 0 Å². The summed E-state index contributed by atoms with van der Waals surface area (Å²) >= 11 is 2.00. The fourth-order valence-corrected chi connectivity index (χ4v) is 6.31. The van der Waals surface area contributed by atoms with E-state index < -0.39 is 0 Å². The smallest absolute Gasteiger partial charge is 0.310 e. The first-order valence-electron chi connectivity index (χ1n) is 11.1. The molecule has 29 heavy (non-hydrogen) atoms. The van der Waals surface area contributed by atoms with Crippen LogP contribution < -0.4 is 0 Å². The Balaban J connectivity index is 1.57. The van der Waals surface area contributed by atoms with Crippen LogP contribution in [0.3, 0.4) is 0 Å². The van der Waals surface area contributed by atoms with Crippen LogP contribution in [0, 0.1) is 11.8 Å². The molecule has 0 saturated heterocycles. The Hall–Kier alpha value is -1.16. The molecule has 3 nitrogen and oxygen atoms in total. The van der Waals surface area contributed by atoms with Gasteiger partial charge in [0.05, 0.1) is 6.42 Å². The zero-order chi connectivity index (χ0) is 21.4. The molecule has 3 unspecified atom stereocenters. The van der Waals surface area contributed by atoms with Crippen LogP contribution in [0.5, 0.6) is 5.75 Å². The molecular weight excluding hydrogens is 380 g/mol. The molecule has 3 rings (SSSR count). The van der Waals surface area contributed by atoms with Crippen molar-refractivity contribution in [2.75, 3.05) is 12.4 Å². The van der Waals surface area contributed by atoms with E-state index >= 15 is 0 Å². The molecule has 0 spiro atoms. The molecule has 2 saturated carbocycles. The van der Waals surface area contributed by atoms with Crippen molar-refractivity contribution in [3.05, 3.63) is 28.8 Å². The normalized spacial score (nSPS) is 24.1. The minimum Gasteiger partial charge on any atom is -0.507 e. The van der Waals surface area contributed by atoms with E-state index in [0.29, 0.717) is 12.4 Å². The lowest BCUT2D eigenvalue weighted by atomic mass is 9.78. The van der Waals surface area contributed by atoms with Gasteiger partial charge in [-0.15, -0.1) is 0 Å². The minimum absolute atomic E-state index is 0.177. The highest BCUT2D eigenvalue weighted by Crippen LogP contribution is 2.49. The molecule has 1 N–H and O–H groups in total. The van der Waals surface area contributed by atoms with Crippen molar-refractivity contribution in [1.82, 2.24) is 0 Å². The summed E-state index contributed by atoms with van der Waals surface area (Å²) in [6.07, 6.45) is 5.86. The largest absolute Gasteiger partial charge is 0.507 e. The van der Waals surface area contributed by atoms with Crippen molar-refractivity contribution in [2.24, 2.45) is 11.8 Å². The highest BCUT2D eigenvalue weighted by atomic mass is 32.2. The summed E-state index contributed by atoms with van der Waals surface area (Å²) in [4.78, 5) is 12.4. The molecule has 2 aliphatic rings. The Morgan fingerprint density at radius 1 is 1.07 bits per heavy atom. The maximum absolute atomic E-state index is 12.4. The fourth-order valence-electron chi connectivity index (χ4n) is 4.90. The molecule has 3 atom stereocenters. The summed E-state index contributed by atoms with van der Waals surface area (Å²) in [7, 11) is 0. The number of hydrogen-bond acceptors (Lipinski definition) is 4. The van der Waals surface area contributed by atoms with Crippen molar-refractivity contribution >= 4 is 17.7 Å². The van der Waals surface area contributed by atoms with E-state index in [1.54, 1.807) is 0 Å². The fraction of sp³-hybridized carbons (Fsp3) is 0.720. The van der Waals surface area contributed by atoms with Crippen LogP contribution in [0.15, 0.2) is 12.1 Å². The predicted molar refractivity (Wildman–Crippen MR) is 122 cm³/mol. The Morgan fingerprint density at radius 3 is 2.17 bits per heavy atom. The summed E-state index contributed by atoms with van der Waals surface area (Å²) in [5, 5.41) is 11.6. The molecule has 2 fully saturated rings. The zero-order valence-electron chi connectivity index (χ0n) is 19.0. The van der Waals surface area contributed by atoms with E-state index in [1.807, 2.05) is 23.9 Å². The minimum atomic E-state index is -0.193. The quantitative estimate of drug-likeness (QED) is 0.455. The Morgan fingerprint density at radius 2 is 1.69 bits per heavy atom. The van der Waals surface area contributed by atoms with Crippen molar-refractivity contribution in [2.45, 2.75) is 89.7 Å². The van der Waals surface area contributed by atoms with E-state index in [2.05, 4.69) is 41.5 Å². The maximum atomic E-state index is 12.4. The molecule has 0 heterocycles. The third kappa shape index (κ3) is 5.51. The monoisotopic (exact) mass is 418 g/mol. The molecule has 2 bridgehead atoms. The molecular formula is C25H38O3S. The van der Waals surface area contributed by atoms with Crippen LogP contribution >= 0.6 is 11.8 Å². The van der Waals surface area contributed by atoms with Crippen LogP contribution in [-0.2, 0) is 26.8 Å². The van der Waals surface area contributed by atoms with Crippen molar-refractivity contribution in [3.63, 3.8) is 0 Å². The molecule has 0 aromatic heterocycles. The van der Waals surface area contributed by atoms with Gasteiger partial charge in [0.25, 0.3) is 0 Å². The standard InChI is InChI=1S/C25H38O3S/c1-24(2,3)19-12-17(13-20(23(19)27)25(4,5)6)15-22(26)28-9-10-29-21-14-16-7-8-18(21)11-16/h12-13,16,18,21,27H,7-11,14-15H2,1-6H3. The highest BCUT2D eigenvalue weighted by molar-refractivity contribution is 7.99. The number of phenolic OH excluding ortho intramolecular Hbond substituents is 1. The lowest BCUT2D eigenvalue weighted by molar-refractivity contribution is -0.142. The van der Waals surface area contributed by atoms with Crippen LogP contribution in [0.1, 0.15) is 83.9 Å². The summed E-state index contributed by atoms with van der Waals surface area (Å²) in [6, 6.07) is 3.94. The Bertz CT molecular complexity index is 706. The molecule has 162 valence electrons. The summed E-state index contributed by atoms with van der Waals surface area (Å²) < 4.78 is 5.54. The number of benzene rings is 1. The summed E-state index contributed by atoms with van der Waals surface area (Å²) in [5.41, 5.74) is 2.31. The Kier molecular flexibility index (Phi) is 6.62. The van der Waals surface area contributed by atoms with Gasteiger partial charge in [-0.3, -0.25) is 4.79 Å². The van der Waals surface area contributed by atoms with Gasteiger partial charge in [-0.1, -0.05) is 60.1 Å². The van der Waals surface area contributed by atoms with E-state index in [-0.39, 0.29) is 23.2 Å². The van der Waals surface area contributed by atoms with Crippen LogP contribution in [0.25, 0.3) is 0 Å². The first-order valence-corrected chi connectivity index (χ1v) is 12.1. The molecule has 0 aliphatic heterocycles. The van der Waals surface area contributed by atoms with Gasteiger partial charge in [-0.2, -0.15) is 11.8 Å². The number of thioether (sulfide) groups is 1. The van der Waals surface area contributed by atoms with Gasteiger partial charge in [0.2, 0.25) is 0 Å². The number of rotatable bonds is 6. The van der Waals surface area contributed by atoms with Gasteiger partial charge in [0.15, 0.2) is 0 Å². The average Bonchev–Trinajstić information content (AvgIpc) is 3.21. The first kappa shape index (κ1) is 22.5. The lowest BCUT2D eigenvalue weighted by Gasteiger charge is -2.28.